The van der Waals surface area contributed by atoms with Gasteiger partial charge in [0.15, 0.2) is 0 Å². The normalized spacial score (nSPS) is 13.4. The first-order chi connectivity index (χ1) is 15.0. The Kier molecular flexibility index (Phi) is 12.5. The van der Waals surface area contributed by atoms with Crippen molar-refractivity contribution in [3.05, 3.63) is 23.4 Å². The van der Waals surface area contributed by atoms with Gasteiger partial charge in [-0.2, -0.15) is 0 Å². The zero-order chi connectivity index (χ0) is 22.3. The summed E-state index contributed by atoms with van der Waals surface area (Å²) in [5.74, 6) is 0.872. The van der Waals surface area contributed by atoms with Crippen molar-refractivity contribution in [2.45, 2.75) is 58.8 Å². The highest BCUT2D eigenvalue weighted by Crippen LogP contribution is 2.20. The fourth-order valence-corrected chi connectivity index (χ4v) is 3.67. The number of fused-ring (bicyclic) bond motifs is 1. The molecule has 2 heterocycles. The van der Waals surface area contributed by atoms with Crippen LogP contribution in [0.1, 0.15) is 57.2 Å². The predicted octanol–water partition coefficient (Wildman–Crippen LogP) is 3.62. The minimum absolute atomic E-state index is 0.215. The lowest BCUT2D eigenvalue weighted by Gasteiger charge is -2.22. The molecule has 0 fully saturated rings. The minimum atomic E-state index is -0.731. The van der Waals surface area contributed by atoms with Gasteiger partial charge in [0.1, 0.15) is 5.82 Å². The van der Waals surface area contributed by atoms with Crippen LogP contribution >= 0.6 is 0 Å². The molecule has 1 aromatic rings. The Morgan fingerprint density at radius 1 is 1.13 bits per heavy atom. The molecule has 176 valence electrons. The van der Waals surface area contributed by atoms with Gasteiger partial charge in [-0.15, -0.1) is 0 Å². The molecule has 0 aliphatic carbocycles. The Labute approximate surface area is 187 Å². The van der Waals surface area contributed by atoms with Crippen LogP contribution in [0.2, 0.25) is 0 Å². The van der Waals surface area contributed by atoms with Gasteiger partial charge in [0.05, 0.1) is 19.8 Å². The van der Waals surface area contributed by atoms with Gasteiger partial charge in [-0.1, -0.05) is 19.9 Å². The number of carbonyl (C=O) groups is 1. The van der Waals surface area contributed by atoms with E-state index in [0.717, 1.165) is 70.0 Å². The Bertz CT molecular complexity index is 639. The summed E-state index contributed by atoms with van der Waals surface area (Å²) >= 11 is 0. The summed E-state index contributed by atoms with van der Waals surface area (Å²) in [6, 6.07) is 4.37. The van der Waals surface area contributed by atoms with Crippen molar-refractivity contribution in [1.29, 1.82) is 0 Å². The molecule has 1 aromatic heterocycles. The van der Waals surface area contributed by atoms with E-state index in [1.165, 1.54) is 12.0 Å². The number of hydrogen-bond donors (Lipinski definition) is 2. The fraction of sp³-hybridized carbons (Fsp3) is 0.750. The number of carboxylic acids is 1. The molecule has 0 saturated carbocycles. The third-order valence-corrected chi connectivity index (χ3v) is 5.35. The second kappa shape index (κ2) is 15.2. The van der Waals surface area contributed by atoms with E-state index in [4.69, 9.17) is 19.6 Å². The van der Waals surface area contributed by atoms with E-state index in [9.17, 15) is 4.79 Å². The highest BCUT2D eigenvalue weighted by molar-refractivity contribution is 5.66. The number of aryl methyl sites for hydroxylation is 2. The first-order valence-electron chi connectivity index (χ1n) is 11.9. The Morgan fingerprint density at radius 2 is 1.94 bits per heavy atom. The molecular weight excluding hydrogens is 394 g/mol. The number of nitrogens with zero attached hydrogens (tertiary/aromatic N) is 2. The lowest BCUT2D eigenvalue weighted by Crippen LogP contribution is -2.30. The molecule has 1 aliphatic rings. The smallest absolute Gasteiger partial charge is 0.303 e. The quantitative estimate of drug-likeness (QED) is 0.362. The number of pyridine rings is 1. The number of anilines is 1. The maximum Gasteiger partial charge on any atom is 0.303 e. The van der Waals surface area contributed by atoms with E-state index >= 15 is 0 Å². The highest BCUT2D eigenvalue weighted by Gasteiger charge is 2.11. The average Bonchev–Trinajstić information content (AvgIpc) is 2.75. The molecule has 0 spiro atoms. The van der Waals surface area contributed by atoms with Gasteiger partial charge in [-0.05, 0) is 69.2 Å². The molecule has 1 aliphatic heterocycles. The number of unbranched alkanes of at least 4 members (excludes halogenated alkanes) is 1. The molecule has 0 atom stereocenters. The number of carboxylic acid groups (broad SMARTS) is 1. The molecule has 0 aromatic carbocycles. The van der Waals surface area contributed by atoms with Crippen LogP contribution in [0.5, 0.6) is 0 Å². The topological polar surface area (TPSA) is 83.9 Å². The maximum atomic E-state index is 10.8. The maximum absolute atomic E-state index is 10.8. The molecule has 0 bridgehead atoms. The van der Waals surface area contributed by atoms with Crippen molar-refractivity contribution in [1.82, 2.24) is 9.88 Å². The van der Waals surface area contributed by atoms with Gasteiger partial charge in [0, 0.05) is 31.8 Å². The van der Waals surface area contributed by atoms with Gasteiger partial charge in [0.2, 0.25) is 0 Å². The fourth-order valence-electron chi connectivity index (χ4n) is 3.67. The molecule has 0 amide bonds. The SMILES string of the molecule is CC(C)COCCOCCN(CCCCc1ccc2c(n1)NCCC2)CCCC(=O)O. The second-order valence-corrected chi connectivity index (χ2v) is 8.72. The standard InChI is InChI=1S/C24H41N3O4/c1-20(2)19-31-18-17-30-16-15-27(14-6-9-23(28)29)13-4-3-8-22-11-10-21-7-5-12-25-24(21)26-22/h10-11,20H,3-9,12-19H2,1-2H3,(H,25,26)(H,28,29). The predicted molar refractivity (Wildman–Crippen MR) is 124 cm³/mol. The summed E-state index contributed by atoms with van der Waals surface area (Å²) in [6.07, 6.45) is 6.30. The van der Waals surface area contributed by atoms with Crippen LogP contribution in [-0.4, -0.2) is 73.6 Å². The van der Waals surface area contributed by atoms with Crippen molar-refractivity contribution in [2.75, 3.05) is 57.9 Å². The van der Waals surface area contributed by atoms with Crippen molar-refractivity contribution in [2.24, 2.45) is 5.92 Å². The van der Waals surface area contributed by atoms with Crippen molar-refractivity contribution >= 4 is 11.8 Å². The number of rotatable bonds is 17. The molecule has 7 nitrogen and oxygen atoms in total. The molecule has 7 heteroatoms. The zero-order valence-corrected chi connectivity index (χ0v) is 19.4. The van der Waals surface area contributed by atoms with E-state index < -0.39 is 5.97 Å². The molecule has 2 rings (SSSR count). The Balaban J connectivity index is 1.65. The second-order valence-electron chi connectivity index (χ2n) is 8.72. The number of ether oxygens (including phenoxy) is 2. The van der Waals surface area contributed by atoms with Crippen LogP contribution in [0.25, 0.3) is 0 Å². The van der Waals surface area contributed by atoms with Gasteiger partial charge >= 0.3 is 5.97 Å². The summed E-state index contributed by atoms with van der Waals surface area (Å²) in [6.45, 7) is 10.5. The Hall–Kier alpha value is -1.70. The number of hydrogen-bond acceptors (Lipinski definition) is 6. The van der Waals surface area contributed by atoms with Gasteiger partial charge < -0.3 is 24.8 Å². The third kappa shape index (κ3) is 11.5. The first kappa shape index (κ1) is 25.6. The first-order valence-corrected chi connectivity index (χ1v) is 11.9. The molecule has 0 unspecified atom stereocenters. The van der Waals surface area contributed by atoms with E-state index in [0.29, 0.717) is 32.2 Å². The molecule has 0 radical (unpaired) electrons. The monoisotopic (exact) mass is 435 g/mol. The molecular formula is C24H41N3O4. The summed E-state index contributed by atoms with van der Waals surface area (Å²) in [5, 5.41) is 12.3. The summed E-state index contributed by atoms with van der Waals surface area (Å²) in [7, 11) is 0. The third-order valence-electron chi connectivity index (χ3n) is 5.35. The number of nitrogens with one attached hydrogen (secondary N) is 1. The van der Waals surface area contributed by atoms with Gasteiger partial charge in [-0.3, -0.25) is 4.79 Å². The van der Waals surface area contributed by atoms with Crippen molar-refractivity contribution in [3.8, 4) is 0 Å². The molecule has 0 saturated heterocycles. The summed E-state index contributed by atoms with van der Waals surface area (Å²) in [4.78, 5) is 17.9. The van der Waals surface area contributed by atoms with Crippen LogP contribution in [0.4, 0.5) is 5.82 Å². The number of aliphatic carboxylic acids is 1. The van der Waals surface area contributed by atoms with E-state index in [1.54, 1.807) is 0 Å². The van der Waals surface area contributed by atoms with Crippen LogP contribution in [0.15, 0.2) is 12.1 Å². The van der Waals surface area contributed by atoms with Gasteiger partial charge in [0.25, 0.3) is 0 Å². The van der Waals surface area contributed by atoms with Crippen LogP contribution < -0.4 is 5.32 Å². The zero-order valence-electron chi connectivity index (χ0n) is 19.4. The van der Waals surface area contributed by atoms with Crippen LogP contribution in [-0.2, 0) is 27.1 Å². The van der Waals surface area contributed by atoms with E-state index in [-0.39, 0.29) is 6.42 Å². The van der Waals surface area contributed by atoms with Crippen LogP contribution in [0, 0.1) is 5.92 Å². The molecule has 31 heavy (non-hydrogen) atoms. The lowest BCUT2D eigenvalue weighted by molar-refractivity contribution is -0.137. The minimum Gasteiger partial charge on any atom is -0.481 e. The van der Waals surface area contributed by atoms with Crippen molar-refractivity contribution < 1.29 is 19.4 Å². The lowest BCUT2D eigenvalue weighted by atomic mass is 10.1. The van der Waals surface area contributed by atoms with E-state index in [2.05, 4.69) is 36.2 Å². The van der Waals surface area contributed by atoms with Gasteiger partial charge in [-0.25, -0.2) is 4.98 Å². The Morgan fingerprint density at radius 3 is 2.74 bits per heavy atom. The summed E-state index contributed by atoms with van der Waals surface area (Å²) < 4.78 is 11.2. The number of aromatic nitrogens is 1. The van der Waals surface area contributed by atoms with E-state index in [1.807, 2.05) is 0 Å². The molecule has 2 N–H and O–H groups in total. The average molecular weight is 436 g/mol. The summed E-state index contributed by atoms with van der Waals surface area (Å²) in [5.41, 5.74) is 2.48. The van der Waals surface area contributed by atoms with Crippen molar-refractivity contribution in [3.63, 3.8) is 0 Å². The largest absolute Gasteiger partial charge is 0.481 e. The highest BCUT2D eigenvalue weighted by atomic mass is 16.5. The van der Waals surface area contributed by atoms with Crippen LogP contribution in [0.3, 0.4) is 0 Å².